The van der Waals surface area contributed by atoms with Gasteiger partial charge in [0.15, 0.2) is 0 Å². The smallest absolute Gasteiger partial charge is 0.305 e. The van der Waals surface area contributed by atoms with Gasteiger partial charge in [-0.2, -0.15) is 5.10 Å². The van der Waals surface area contributed by atoms with Gasteiger partial charge >= 0.3 is 5.97 Å². The fourth-order valence-corrected chi connectivity index (χ4v) is 2.39. The third-order valence-corrected chi connectivity index (χ3v) is 3.69. The minimum atomic E-state index is -3.37. The Balaban J connectivity index is 2.33. The Morgan fingerprint density at radius 2 is 2.28 bits per heavy atom. The number of nitrogens with zero attached hydrogens (tertiary/aromatic N) is 2. The topological polar surface area (TPSA) is 90.3 Å². The summed E-state index contributed by atoms with van der Waals surface area (Å²) in [6.07, 6.45) is 3.67. The molecule has 0 bridgehead atoms. The summed E-state index contributed by atoms with van der Waals surface area (Å²) in [5.74, 6) is -0.500. The van der Waals surface area contributed by atoms with Gasteiger partial charge < -0.3 is 4.74 Å². The van der Waals surface area contributed by atoms with Crippen molar-refractivity contribution >= 4 is 16.0 Å². The van der Waals surface area contributed by atoms with E-state index in [1.165, 1.54) is 7.11 Å². The molecule has 1 aromatic rings. The maximum Gasteiger partial charge on any atom is 0.305 e. The highest BCUT2D eigenvalue weighted by molar-refractivity contribution is 7.89. The second-order valence-electron chi connectivity index (χ2n) is 3.84. The molecule has 1 aromatic heterocycles. The summed E-state index contributed by atoms with van der Waals surface area (Å²) in [7, 11) is -0.336. The van der Waals surface area contributed by atoms with Crippen LogP contribution in [0.2, 0.25) is 0 Å². The van der Waals surface area contributed by atoms with Gasteiger partial charge in [-0.15, -0.1) is 0 Å². The third kappa shape index (κ3) is 5.28. The van der Waals surface area contributed by atoms with Crippen LogP contribution in [0.4, 0.5) is 0 Å². The summed E-state index contributed by atoms with van der Waals surface area (Å²) in [5.41, 5.74) is 0.786. The molecule has 1 heterocycles. The van der Waals surface area contributed by atoms with E-state index in [2.05, 4.69) is 14.6 Å². The number of carbonyl (C=O) groups is 1. The summed E-state index contributed by atoms with van der Waals surface area (Å²) in [6, 6.07) is 0. The lowest BCUT2D eigenvalue weighted by molar-refractivity contribution is -0.140. The second-order valence-corrected chi connectivity index (χ2v) is 5.77. The molecule has 8 heteroatoms. The van der Waals surface area contributed by atoms with Crippen LogP contribution in [0.5, 0.6) is 0 Å². The average molecular weight is 275 g/mol. The number of methoxy groups -OCH3 is 1. The van der Waals surface area contributed by atoms with Crippen LogP contribution in [0.3, 0.4) is 0 Å². The van der Waals surface area contributed by atoms with Crippen LogP contribution in [0, 0.1) is 0 Å². The van der Waals surface area contributed by atoms with Crippen LogP contribution >= 0.6 is 0 Å². The monoisotopic (exact) mass is 275 g/mol. The van der Waals surface area contributed by atoms with Crippen LogP contribution in [0.1, 0.15) is 18.4 Å². The molecule has 0 aliphatic rings. The zero-order chi connectivity index (χ0) is 13.6. The predicted molar refractivity (Wildman–Crippen MR) is 65.1 cm³/mol. The highest BCUT2D eigenvalue weighted by Crippen LogP contribution is 2.00. The fourth-order valence-electron chi connectivity index (χ4n) is 1.34. The molecule has 18 heavy (non-hydrogen) atoms. The molecule has 0 aromatic carbocycles. The van der Waals surface area contributed by atoms with Crippen molar-refractivity contribution in [3.05, 3.63) is 18.0 Å². The van der Waals surface area contributed by atoms with E-state index in [0.717, 1.165) is 5.56 Å². The molecule has 1 rings (SSSR count). The summed E-state index contributed by atoms with van der Waals surface area (Å²) in [5, 5.41) is 3.93. The van der Waals surface area contributed by atoms with Gasteiger partial charge in [-0.25, -0.2) is 13.1 Å². The quantitative estimate of drug-likeness (QED) is 0.696. The number of nitrogens with one attached hydrogen (secondary N) is 1. The zero-order valence-electron chi connectivity index (χ0n) is 10.4. The van der Waals surface area contributed by atoms with Crippen molar-refractivity contribution in [1.82, 2.24) is 14.5 Å². The van der Waals surface area contributed by atoms with Crippen LogP contribution in [-0.2, 0) is 33.1 Å². The fraction of sp³-hybridized carbons (Fsp3) is 0.600. The molecular weight excluding hydrogens is 258 g/mol. The number of hydrogen-bond acceptors (Lipinski definition) is 5. The molecule has 0 atom stereocenters. The summed E-state index contributed by atoms with van der Waals surface area (Å²) in [6.45, 7) is 0.203. The Hall–Kier alpha value is -1.41. The SMILES string of the molecule is COC(=O)CCCS(=O)(=O)NCc1cnn(C)c1. The largest absolute Gasteiger partial charge is 0.469 e. The number of hydrogen-bond donors (Lipinski definition) is 1. The van der Waals surface area contributed by atoms with Gasteiger partial charge in [0.1, 0.15) is 0 Å². The van der Waals surface area contributed by atoms with E-state index < -0.39 is 16.0 Å². The summed E-state index contributed by atoms with van der Waals surface area (Å²) < 4.78 is 31.7. The Bertz CT molecular complexity index is 495. The van der Waals surface area contributed by atoms with Crippen LogP contribution in [0.25, 0.3) is 0 Å². The number of ether oxygens (including phenoxy) is 1. The molecule has 0 aliphatic heterocycles. The van der Waals surface area contributed by atoms with Crippen molar-refractivity contribution in [1.29, 1.82) is 0 Å². The molecule has 0 spiro atoms. The van der Waals surface area contributed by atoms with E-state index in [1.807, 2.05) is 0 Å². The lowest BCUT2D eigenvalue weighted by Gasteiger charge is -2.04. The van der Waals surface area contributed by atoms with Crippen molar-refractivity contribution in [2.24, 2.45) is 7.05 Å². The number of carbonyl (C=O) groups excluding carboxylic acids is 1. The van der Waals surface area contributed by atoms with Crippen molar-refractivity contribution in [3.8, 4) is 0 Å². The van der Waals surface area contributed by atoms with E-state index >= 15 is 0 Å². The first-order valence-corrected chi connectivity index (χ1v) is 7.10. The van der Waals surface area contributed by atoms with Gasteiger partial charge in [0.2, 0.25) is 10.0 Å². The maximum atomic E-state index is 11.6. The number of aromatic nitrogens is 2. The van der Waals surface area contributed by atoms with Crippen LogP contribution in [0.15, 0.2) is 12.4 Å². The Morgan fingerprint density at radius 1 is 1.56 bits per heavy atom. The molecule has 0 saturated heterocycles. The van der Waals surface area contributed by atoms with E-state index in [4.69, 9.17) is 0 Å². The van der Waals surface area contributed by atoms with E-state index in [0.29, 0.717) is 0 Å². The minimum Gasteiger partial charge on any atom is -0.469 e. The van der Waals surface area contributed by atoms with Gasteiger partial charge in [-0.05, 0) is 6.42 Å². The molecule has 1 N–H and O–H groups in total. The molecule has 0 amide bonds. The van der Waals surface area contributed by atoms with Crippen molar-refractivity contribution in [2.45, 2.75) is 19.4 Å². The Labute approximate surface area is 106 Å². The first-order valence-electron chi connectivity index (χ1n) is 5.44. The lowest BCUT2D eigenvalue weighted by atomic mass is 10.3. The molecule has 0 radical (unpaired) electrons. The lowest BCUT2D eigenvalue weighted by Crippen LogP contribution is -2.26. The maximum absolute atomic E-state index is 11.6. The Kier molecular flexibility index (Phi) is 5.29. The van der Waals surface area contributed by atoms with Crippen LogP contribution in [-0.4, -0.2) is 37.0 Å². The van der Waals surface area contributed by atoms with Crippen LogP contribution < -0.4 is 4.72 Å². The Morgan fingerprint density at radius 3 is 2.83 bits per heavy atom. The zero-order valence-corrected chi connectivity index (χ0v) is 11.2. The standard InChI is InChI=1S/C10H17N3O4S/c1-13-8-9(6-11-13)7-12-18(15,16)5-3-4-10(14)17-2/h6,8,12H,3-5,7H2,1-2H3. The number of sulfonamides is 1. The van der Waals surface area contributed by atoms with Gasteiger partial charge in [0.05, 0.1) is 19.1 Å². The second kappa shape index (κ2) is 6.50. The molecular formula is C10H17N3O4S. The van der Waals surface area contributed by atoms with Gasteiger partial charge in [-0.1, -0.05) is 0 Å². The number of esters is 1. The minimum absolute atomic E-state index is 0.0949. The number of rotatable bonds is 7. The van der Waals surface area contributed by atoms with Gasteiger partial charge in [0, 0.05) is 31.8 Å². The predicted octanol–water partition coefficient (Wildman–Crippen LogP) is -0.207. The highest BCUT2D eigenvalue weighted by Gasteiger charge is 2.11. The van der Waals surface area contributed by atoms with Crippen molar-refractivity contribution < 1.29 is 17.9 Å². The van der Waals surface area contributed by atoms with Gasteiger partial charge in [-0.3, -0.25) is 9.48 Å². The molecule has 0 unspecified atom stereocenters. The molecule has 0 saturated carbocycles. The van der Waals surface area contributed by atoms with Crippen molar-refractivity contribution in [3.63, 3.8) is 0 Å². The average Bonchev–Trinajstić information content (AvgIpc) is 2.72. The van der Waals surface area contributed by atoms with E-state index in [9.17, 15) is 13.2 Å². The third-order valence-electron chi connectivity index (χ3n) is 2.28. The van der Waals surface area contributed by atoms with E-state index in [1.54, 1.807) is 24.1 Å². The summed E-state index contributed by atoms with van der Waals surface area (Å²) in [4.78, 5) is 10.8. The molecule has 102 valence electrons. The highest BCUT2D eigenvalue weighted by atomic mass is 32.2. The molecule has 0 aliphatic carbocycles. The van der Waals surface area contributed by atoms with E-state index in [-0.39, 0.29) is 25.1 Å². The van der Waals surface area contributed by atoms with Gasteiger partial charge in [0.25, 0.3) is 0 Å². The first kappa shape index (κ1) is 14.7. The normalized spacial score (nSPS) is 11.4. The number of aryl methyl sites for hydroxylation is 1. The van der Waals surface area contributed by atoms with Crippen molar-refractivity contribution in [2.75, 3.05) is 12.9 Å². The summed E-state index contributed by atoms with van der Waals surface area (Å²) >= 11 is 0. The first-order chi connectivity index (χ1) is 8.43. The molecule has 0 fully saturated rings. The molecule has 7 nitrogen and oxygen atoms in total.